The molecule has 2 rings (SSSR count). The first-order chi connectivity index (χ1) is 10.3. The molecule has 1 aliphatic carbocycles. The first kappa shape index (κ1) is 17.0. The van der Waals surface area contributed by atoms with Crippen LogP contribution in [0.3, 0.4) is 0 Å². The maximum absolute atomic E-state index is 11.5. The van der Waals surface area contributed by atoms with E-state index in [-0.39, 0.29) is 11.5 Å². The van der Waals surface area contributed by atoms with Crippen molar-refractivity contribution in [2.24, 2.45) is 5.41 Å². The number of hydrogen-bond acceptors (Lipinski definition) is 2. The number of fused-ring (bicyclic) bond motifs is 1. The molecule has 0 radical (unpaired) electrons. The Morgan fingerprint density at radius 2 is 1.95 bits per heavy atom. The third-order valence-electron chi connectivity index (χ3n) is 4.55. The third-order valence-corrected chi connectivity index (χ3v) is 4.55. The van der Waals surface area contributed by atoms with Crippen LogP contribution in [0.5, 0.6) is 0 Å². The highest BCUT2D eigenvalue weighted by Gasteiger charge is 2.23. The summed E-state index contributed by atoms with van der Waals surface area (Å²) in [6.45, 7) is 8.51. The Morgan fingerprint density at radius 3 is 2.59 bits per heavy atom. The van der Waals surface area contributed by atoms with E-state index >= 15 is 0 Å². The molecule has 0 aliphatic heterocycles. The predicted molar refractivity (Wildman–Crippen MR) is 90.1 cm³/mol. The van der Waals surface area contributed by atoms with Gasteiger partial charge in [-0.2, -0.15) is 0 Å². The van der Waals surface area contributed by atoms with Crippen LogP contribution < -0.4 is 5.32 Å². The van der Waals surface area contributed by atoms with Crippen LogP contribution >= 0.6 is 0 Å². The molecular weight excluding hydrogens is 274 g/mol. The molecule has 1 aromatic rings. The fraction of sp³-hybridized carbons (Fsp3) is 0.632. The highest BCUT2D eigenvalue weighted by atomic mass is 16.4. The van der Waals surface area contributed by atoms with Crippen LogP contribution in [-0.4, -0.2) is 17.1 Å². The van der Waals surface area contributed by atoms with Crippen molar-refractivity contribution in [3.8, 4) is 0 Å². The van der Waals surface area contributed by atoms with Gasteiger partial charge in [0, 0.05) is 6.04 Å². The van der Waals surface area contributed by atoms with Gasteiger partial charge in [-0.25, -0.2) is 0 Å². The van der Waals surface area contributed by atoms with Gasteiger partial charge < -0.3 is 5.11 Å². The van der Waals surface area contributed by atoms with Crippen molar-refractivity contribution in [1.82, 2.24) is 5.32 Å². The van der Waals surface area contributed by atoms with Crippen molar-refractivity contribution in [3.05, 3.63) is 34.9 Å². The summed E-state index contributed by atoms with van der Waals surface area (Å²) in [4.78, 5) is 11.5. The first-order valence-electron chi connectivity index (χ1n) is 8.37. The highest BCUT2D eigenvalue weighted by molar-refractivity contribution is 5.73. The lowest BCUT2D eigenvalue weighted by atomic mass is 9.88. The van der Waals surface area contributed by atoms with E-state index in [1.54, 1.807) is 0 Å². The number of rotatable bonds is 6. The molecule has 0 saturated heterocycles. The lowest BCUT2D eigenvalue weighted by Gasteiger charge is -2.24. The van der Waals surface area contributed by atoms with Gasteiger partial charge in [0.15, 0.2) is 0 Å². The second kappa shape index (κ2) is 6.82. The smallest absolute Gasteiger partial charge is 0.320 e. The first-order valence-corrected chi connectivity index (χ1v) is 8.37. The lowest BCUT2D eigenvalue weighted by molar-refractivity contribution is -0.140. The average Bonchev–Trinajstić information content (AvgIpc) is 2.88. The summed E-state index contributed by atoms with van der Waals surface area (Å²) in [7, 11) is 0. The van der Waals surface area contributed by atoms with Gasteiger partial charge in [0.25, 0.3) is 0 Å². The standard InChI is InChI=1S/C19H29NO2/c1-13(15-9-8-14-6-5-7-16(14)12-15)20-17(18(21)22)10-11-19(2,3)4/h8-9,12-13,17,20H,5-7,10-11H2,1-4H3,(H,21,22)/t13-,17?/m0/s1. The Labute approximate surface area is 134 Å². The zero-order chi connectivity index (χ0) is 16.3. The van der Waals surface area contributed by atoms with Crippen molar-refractivity contribution in [1.29, 1.82) is 0 Å². The topological polar surface area (TPSA) is 49.3 Å². The van der Waals surface area contributed by atoms with Crippen LogP contribution in [0.2, 0.25) is 0 Å². The summed E-state index contributed by atoms with van der Waals surface area (Å²) in [5.74, 6) is -0.753. The average molecular weight is 303 g/mol. The molecule has 0 saturated carbocycles. The number of aryl methyl sites for hydroxylation is 2. The number of nitrogens with one attached hydrogen (secondary N) is 1. The number of benzene rings is 1. The Balaban J connectivity index is 2.01. The van der Waals surface area contributed by atoms with Gasteiger partial charge in [0.05, 0.1) is 0 Å². The monoisotopic (exact) mass is 303 g/mol. The van der Waals surface area contributed by atoms with Gasteiger partial charge in [-0.15, -0.1) is 0 Å². The molecule has 1 aliphatic rings. The Bertz CT molecular complexity index is 531. The van der Waals surface area contributed by atoms with E-state index in [0.717, 1.165) is 12.8 Å². The molecule has 2 atom stereocenters. The summed E-state index contributed by atoms with van der Waals surface area (Å²) in [6.07, 6.45) is 5.13. The quantitative estimate of drug-likeness (QED) is 0.831. The van der Waals surface area contributed by atoms with Crippen molar-refractivity contribution in [2.75, 3.05) is 0 Å². The van der Waals surface area contributed by atoms with E-state index in [2.05, 4.69) is 51.2 Å². The second-order valence-corrected chi connectivity index (χ2v) is 7.76. The molecule has 3 heteroatoms. The molecule has 122 valence electrons. The summed E-state index contributed by atoms with van der Waals surface area (Å²) >= 11 is 0. The van der Waals surface area contributed by atoms with Crippen LogP contribution in [-0.2, 0) is 17.6 Å². The normalized spacial score (nSPS) is 17.1. The van der Waals surface area contributed by atoms with Gasteiger partial charge in [-0.1, -0.05) is 39.0 Å². The molecule has 2 N–H and O–H groups in total. The number of carbonyl (C=O) groups is 1. The van der Waals surface area contributed by atoms with Crippen LogP contribution in [0.25, 0.3) is 0 Å². The van der Waals surface area contributed by atoms with Crippen LogP contribution in [0, 0.1) is 5.41 Å². The Hall–Kier alpha value is -1.35. The lowest BCUT2D eigenvalue weighted by Crippen LogP contribution is -2.39. The van der Waals surface area contributed by atoms with Crippen LogP contribution in [0.4, 0.5) is 0 Å². The summed E-state index contributed by atoms with van der Waals surface area (Å²) in [6, 6.07) is 6.18. The molecular formula is C19H29NO2. The number of carboxylic acids is 1. The summed E-state index contributed by atoms with van der Waals surface area (Å²) in [5.41, 5.74) is 4.25. The second-order valence-electron chi connectivity index (χ2n) is 7.76. The van der Waals surface area contributed by atoms with Gasteiger partial charge in [0.1, 0.15) is 6.04 Å². The number of carboxylic acid groups (broad SMARTS) is 1. The Kier molecular flexibility index (Phi) is 5.28. The summed E-state index contributed by atoms with van der Waals surface area (Å²) < 4.78 is 0. The summed E-state index contributed by atoms with van der Waals surface area (Å²) in [5, 5.41) is 12.8. The molecule has 0 spiro atoms. The van der Waals surface area contributed by atoms with Crippen LogP contribution in [0.1, 0.15) is 69.7 Å². The maximum Gasteiger partial charge on any atom is 0.320 e. The molecule has 0 aromatic heterocycles. The molecule has 0 fully saturated rings. The highest BCUT2D eigenvalue weighted by Crippen LogP contribution is 2.26. The minimum absolute atomic E-state index is 0.0620. The minimum atomic E-state index is -0.753. The van der Waals surface area contributed by atoms with Crippen molar-refractivity contribution in [2.45, 2.75) is 71.9 Å². The molecule has 22 heavy (non-hydrogen) atoms. The Morgan fingerprint density at radius 1 is 1.27 bits per heavy atom. The minimum Gasteiger partial charge on any atom is -0.480 e. The zero-order valence-electron chi connectivity index (χ0n) is 14.3. The van der Waals surface area contributed by atoms with Crippen molar-refractivity contribution < 1.29 is 9.90 Å². The molecule has 0 bridgehead atoms. The van der Waals surface area contributed by atoms with E-state index in [1.165, 1.54) is 29.5 Å². The van der Waals surface area contributed by atoms with E-state index in [9.17, 15) is 9.90 Å². The van der Waals surface area contributed by atoms with Gasteiger partial charge in [-0.3, -0.25) is 10.1 Å². The van der Waals surface area contributed by atoms with Crippen LogP contribution in [0.15, 0.2) is 18.2 Å². The maximum atomic E-state index is 11.5. The molecule has 3 nitrogen and oxygen atoms in total. The van der Waals surface area contributed by atoms with Crippen molar-refractivity contribution in [3.63, 3.8) is 0 Å². The fourth-order valence-corrected chi connectivity index (χ4v) is 3.11. The predicted octanol–water partition coefficient (Wildman–Crippen LogP) is 4.11. The van der Waals surface area contributed by atoms with Gasteiger partial charge in [-0.05, 0) is 61.1 Å². The van der Waals surface area contributed by atoms with Gasteiger partial charge >= 0.3 is 5.97 Å². The molecule has 0 heterocycles. The molecule has 0 amide bonds. The van der Waals surface area contributed by atoms with Crippen molar-refractivity contribution >= 4 is 5.97 Å². The zero-order valence-corrected chi connectivity index (χ0v) is 14.3. The van der Waals surface area contributed by atoms with Gasteiger partial charge in [0.2, 0.25) is 0 Å². The number of aliphatic carboxylic acids is 1. The van der Waals surface area contributed by atoms with E-state index < -0.39 is 12.0 Å². The number of hydrogen-bond donors (Lipinski definition) is 2. The molecule has 1 aromatic carbocycles. The fourth-order valence-electron chi connectivity index (χ4n) is 3.11. The molecule has 1 unspecified atom stereocenters. The van der Waals surface area contributed by atoms with E-state index in [4.69, 9.17) is 0 Å². The van der Waals surface area contributed by atoms with E-state index in [1.807, 2.05) is 0 Å². The van der Waals surface area contributed by atoms with E-state index in [0.29, 0.717) is 6.42 Å². The SMILES string of the molecule is C[C@H](NC(CCC(C)(C)C)C(=O)O)c1ccc2c(c1)CCC2. The largest absolute Gasteiger partial charge is 0.480 e. The third kappa shape index (κ3) is 4.57.